The summed E-state index contributed by atoms with van der Waals surface area (Å²) in [6.07, 6.45) is 6.50. The van der Waals surface area contributed by atoms with Crippen molar-refractivity contribution in [1.29, 1.82) is 0 Å². The number of ether oxygens (including phenoxy) is 4. The number of fused-ring (bicyclic) bond motifs is 1. The Hall–Kier alpha value is -4.39. The number of allylic oxidation sites excluding steroid dienone is 1. The van der Waals surface area contributed by atoms with Gasteiger partial charge in [0.1, 0.15) is 28.4 Å². The van der Waals surface area contributed by atoms with E-state index in [1.165, 1.54) is 20.1 Å². The van der Waals surface area contributed by atoms with Gasteiger partial charge in [-0.05, 0) is 63.6 Å². The van der Waals surface area contributed by atoms with Crippen LogP contribution in [-0.4, -0.2) is 30.4 Å². The van der Waals surface area contributed by atoms with Crippen LogP contribution in [0.5, 0.6) is 23.0 Å². The fraction of sp³-hybridized carbons (Fsp3) is 0.207. The summed E-state index contributed by atoms with van der Waals surface area (Å²) in [6, 6.07) is 8.19. The van der Waals surface area contributed by atoms with Crippen LogP contribution in [0.25, 0.3) is 12.2 Å². The number of carbonyl (C=O) groups is 3. The van der Waals surface area contributed by atoms with Gasteiger partial charge < -0.3 is 18.9 Å². The number of benzene rings is 2. The van der Waals surface area contributed by atoms with E-state index in [1.807, 2.05) is 19.9 Å². The van der Waals surface area contributed by atoms with Crippen LogP contribution in [0, 0.1) is 0 Å². The molecule has 0 spiro atoms. The highest BCUT2D eigenvalue weighted by Gasteiger charge is 2.30. The SMILES string of the molecule is C=C(C)C(=O)Oc1ccc(C=CC(=O)c2c(OC)cc3c(c2OC(=O)C(=C)C)C=CC(C)(C)O3)cc1. The Bertz CT molecular complexity index is 1310. The van der Waals surface area contributed by atoms with E-state index in [2.05, 4.69) is 13.2 Å². The number of hydrogen-bond acceptors (Lipinski definition) is 7. The molecule has 1 aliphatic rings. The van der Waals surface area contributed by atoms with E-state index in [4.69, 9.17) is 18.9 Å². The Morgan fingerprint density at radius 3 is 2.17 bits per heavy atom. The molecule has 0 radical (unpaired) electrons. The van der Waals surface area contributed by atoms with Gasteiger partial charge in [-0.15, -0.1) is 0 Å². The summed E-state index contributed by atoms with van der Waals surface area (Å²) in [5.74, 6) is -0.652. The van der Waals surface area contributed by atoms with Gasteiger partial charge >= 0.3 is 11.9 Å². The topological polar surface area (TPSA) is 88.1 Å². The first kappa shape index (κ1) is 26.2. The first-order chi connectivity index (χ1) is 16.9. The number of esters is 2. The lowest BCUT2D eigenvalue weighted by Crippen LogP contribution is -2.28. The van der Waals surface area contributed by atoms with Crippen molar-refractivity contribution in [1.82, 2.24) is 0 Å². The van der Waals surface area contributed by atoms with Crippen molar-refractivity contribution in [2.45, 2.75) is 33.3 Å². The second kappa shape index (κ2) is 10.5. The summed E-state index contributed by atoms with van der Waals surface area (Å²) in [6.45, 7) is 14.0. The predicted octanol–water partition coefficient (Wildman–Crippen LogP) is 5.74. The molecule has 1 aliphatic heterocycles. The summed E-state index contributed by atoms with van der Waals surface area (Å²) < 4.78 is 22.3. The lowest BCUT2D eigenvalue weighted by molar-refractivity contribution is -0.131. The van der Waals surface area contributed by atoms with Gasteiger partial charge in [-0.25, -0.2) is 9.59 Å². The average Bonchev–Trinajstić information content (AvgIpc) is 2.82. The zero-order valence-corrected chi connectivity index (χ0v) is 21.0. The molecule has 1 heterocycles. The van der Waals surface area contributed by atoms with Crippen LogP contribution in [0.1, 0.15) is 49.2 Å². The monoisotopic (exact) mass is 488 g/mol. The first-order valence-electron chi connectivity index (χ1n) is 11.1. The van der Waals surface area contributed by atoms with Crippen LogP contribution >= 0.6 is 0 Å². The number of rotatable bonds is 8. The molecule has 0 aromatic heterocycles. The van der Waals surface area contributed by atoms with E-state index in [0.29, 0.717) is 22.6 Å². The van der Waals surface area contributed by atoms with Crippen molar-refractivity contribution >= 4 is 29.9 Å². The Morgan fingerprint density at radius 2 is 1.58 bits per heavy atom. The molecule has 0 aliphatic carbocycles. The Labute approximate surface area is 210 Å². The van der Waals surface area contributed by atoms with Crippen LogP contribution in [-0.2, 0) is 9.59 Å². The number of methoxy groups -OCH3 is 1. The lowest BCUT2D eigenvalue weighted by atomic mass is 9.96. The van der Waals surface area contributed by atoms with Gasteiger partial charge in [-0.2, -0.15) is 0 Å². The molecule has 0 atom stereocenters. The second-order valence-electron chi connectivity index (χ2n) is 8.84. The number of ketones is 1. The van der Waals surface area contributed by atoms with E-state index in [1.54, 1.807) is 49.4 Å². The normalized spacial score (nSPS) is 13.4. The minimum Gasteiger partial charge on any atom is -0.496 e. The molecule has 2 aromatic rings. The highest BCUT2D eigenvalue weighted by molar-refractivity contribution is 6.12. The van der Waals surface area contributed by atoms with Gasteiger partial charge in [0.15, 0.2) is 11.5 Å². The van der Waals surface area contributed by atoms with Crippen LogP contribution in [0.3, 0.4) is 0 Å². The van der Waals surface area contributed by atoms with E-state index in [-0.39, 0.29) is 28.2 Å². The second-order valence-corrected chi connectivity index (χ2v) is 8.84. The highest BCUT2D eigenvalue weighted by atomic mass is 16.5. The molecule has 186 valence electrons. The fourth-order valence-electron chi connectivity index (χ4n) is 3.25. The van der Waals surface area contributed by atoms with Crippen LogP contribution in [0.4, 0.5) is 0 Å². The zero-order chi connectivity index (χ0) is 26.6. The third-order valence-corrected chi connectivity index (χ3v) is 5.15. The molecular formula is C29H28O7. The zero-order valence-electron chi connectivity index (χ0n) is 21.0. The molecule has 7 heteroatoms. The molecule has 0 saturated carbocycles. The van der Waals surface area contributed by atoms with Gasteiger partial charge in [0.2, 0.25) is 0 Å². The summed E-state index contributed by atoms with van der Waals surface area (Å²) in [7, 11) is 1.42. The molecule has 36 heavy (non-hydrogen) atoms. The van der Waals surface area contributed by atoms with Crippen molar-refractivity contribution in [3.63, 3.8) is 0 Å². The molecule has 3 rings (SSSR count). The fourth-order valence-corrected chi connectivity index (χ4v) is 3.25. The van der Waals surface area contributed by atoms with Gasteiger partial charge in [-0.1, -0.05) is 31.4 Å². The molecule has 0 amide bonds. The average molecular weight is 489 g/mol. The minimum atomic E-state index is -0.679. The van der Waals surface area contributed by atoms with E-state index in [0.717, 1.165) is 0 Å². The van der Waals surface area contributed by atoms with Crippen LogP contribution < -0.4 is 18.9 Å². The molecular weight excluding hydrogens is 460 g/mol. The highest BCUT2D eigenvalue weighted by Crippen LogP contribution is 2.44. The first-order valence-corrected chi connectivity index (χ1v) is 11.1. The van der Waals surface area contributed by atoms with E-state index < -0.39 is 23.3 Å². The van der Waals surface area contributed by atoms with Crippen molar-refractivity contribution < 1.29 is 33.3 Å². The largest absolute Gasteiger partial charge is 0.496 e. The number of hydrogen-bond donors (Lipinski definition) is 0. The maximum Gasteiger partial charge on any atom is 0.338 e. The maximum absolute atomic E-state index is 13.3. The number of carbonyl (C=O) groups excluding carboxylic acids is 3. The summed E-state index contributed by atoms with van der Waals surface area (Å²) in [5.41, 5.74) is 1.07. The Morgan fingerprint density at radius 1 is 0.972 bits per heavy atom. The molecule has 0 unspecified atom stereocenters. The standard InChI is InChI=1S/C29H28O7/c1-17(2)27(31)34-20-11-8-19(9-12-20)10-13-22(30)25-24(33-7)16-23-21(14-15-29(5,6)36-23)26(25)35-28(32)18(3)4/h8-16H,1,3H2,2,4-7H3. The van der Waals surface area contributed by atoms with Crippen molar-refractivity contribution in [3.8, 4) is 23.0 Å². The third kappa shape index (κ3) is 5.99. The predicted molar refractivity (Wildman–Crippen MR) is 137 cm³/mol. The Balaban J connectivity index is 1.99. The molecule has 0 bridgehead atoms. The molecule has 2 aromatic carbocycles. The Kier molecular flexibility index (Phi) is 7.63. The van der Waals surface area contributed by atoms with Crippen LogP contribution in [0.15, 0.2) is 66.8 Å². The van der Waals surface area contributed by atoms with E-state index in [9.17, 15) is 14.4 Å². The van der Waals surface area contributed by atoms with E-state index >= 15 is 0 Å². The third-order valence-electron chi connectivity index (χ3n) is 5.15. The quantitative estimate of drug-likeness (QED) is 0.203. The molecule has 7 nitrogen and oxygen atoms in total. The van der Waals surface area contributed by atoms with Crippen molar-refractivity contribution in [2.24, 2.45) is 0 Å². The lowest BCUT2D eigenvalue weighted by Gasteiger charge is -2.29. The minimum absolute atomic E-state index is 0.0285. The maximum atomic E-state index is 13.3. The van der Waals surface area contributed by atoms with Crippen LogP contribution in [0.2, 0.25) is 0 Å². The van der Waals surface area contributed by atoms with Gasteiger partial charge in [0, 0.05) is 17.2 Å². The van der Waals surface area contributed by atoms with Gasteiger partial charge in [0.25, 0.3) is 0 Å². The smallest absolute Gasteiger partial charge is 0.338 e. The molecule has 0 N–H and O–H groups in total. The van der Waals surface area contributed by atoms with Crippen molar-refractivity contribution in [2.75, 3.05) is 7.11 Å². The van der Waals surface area contributed by atoms with Gasteiger partial charge in [-0.3, -0.25) is 4.79 Å². The summed E-state index contributed by atoms with van der Waals surface area (Å²) in [4.78, 5) is 37.4. The summed E-state index contributed by atoms with van der Waals surface area (Å²) in [5, 5.41) is 0. The molecule has 0 saturated heterocycles. The molecule has 0 fully saturated rings. The van der Waals surface area contributed by atoms with Crippen molar-refractivity contribution in [3.05, 3.63) is 83.5 Å². The summed E-state index contributed by atoms with van der Waals surface area (Å²) >= 11 is 0. The van der Waals surface area contributed by atoms with Gasteiger partial charge in [0.05, 0.1) is 12.7 Å².